The zero-order chi connectivity index (χ0) is 14.3. The molecule has 20 heavy (non-hydrogen) atoms. The topological polar surface area (TPSA) is 20.3 Å². The summed E-state index contributed by atoms with van der Waals surface area (Å²) < 4.78 is 0. The number of hydrogen-bond donors (Lipinski definition) is 0. The van der Waals surface area contributed by atoms with E-state index in [-0.39, 0.29) is 23.4 Å². The number of carbonyl (C=O) groups excluding carboxylic acids is 1. The van der Waals surface area contributed by atoms with Gasteiger partial charge in [-0.05, 0) is 50.1 Å². The number of hydrogen-bond acceptors (Lipinski definition) is 2. The van der Waals surface area contributed by atoms with Crippen molar-refractivity contribution < 1.29 is 4.79 Å². The molecule has 1 aromatic rings. The third-order valence-electron chi connectivity index (χ3n) is 4.31. The number of amides is 1. The first-order valence-corrected chi connectivity index (χ1v) is 8.94. The number of fused-ring (bicyclic) bond motifs is 2. The highest BCUT2D eigenvalue weighted by molar-refractivity contribution is 7.98. The average Bonchev–Trinajstić information content (AvgIpc) is 2.71. The Bertz CT molecular complexity index is 523. The smallest absolute Gasteiger partial charge is 0.255 e. The maximum atomic E-state index is 12.8. The summed E-state index contributed by atoms with van der Waals surface area (Å²) in [6.45, 7) is 0. The molecule has 0 N–H and O–H groups in total. The van der Waals surface area contributed by atoms with Crippen molar-refractivity contribution in [2.75, 3.05) is 6.26 Å². The van der Waals surface area contributed by atoms with Crippen molar-refractivity contribution in [3.05, 3.63) is 28.8 Å². The maximum absolute atomic E-state index is 12.8. The highest BCUT2D eigenvalue weighted by Gasteiger charge is 2.43. The number of nitrogens with zero attached hydrogens (tertiary/aromatic N) is 1. The van der Waals surface area contributed by atoms with Gasteiger partial charge >= 0.3 is 0 Å². The average molecular weight is 330 g/mol. The van der Waals surface area contributed by atoms with Crippen LogP contribution in [0.3, 0.4) is 0 Å². The summed E-state index contributed by atoms with van der Waals surface area (Å²) in [6.07, 6.45) is 5.95. The van der Waals surface area contributed by atoms with Gasteiger partial charge in [0.25, 0.3) is 5.91 Å². The molecule has 0 radical (unpaired) electrons. The third-order valence-corrected chi connectivity index (χ3v) is 5.73. The molecule has 2 saturated heterocycles. The number of rotatable bonds is 2. The minimum Gasteiger partial charge on any atom is -0.333 e. The van der Waals surface area contributed by atoms with Gasteiger partial charge in [-0.15, -0.1) is 23.4 Å². The van der Waals surface area contributed by atoms with Crippen molar-refractivity contribution in [3.8, 4) is 0 Å². The van der Waals surface area contributed by atoms with Gasteiger partial charge in [0, 0.05) is 22.4 Å². The second-order valence-electron chi connectivity index (χ2n) is 5.51. The second kappa shape index (κ2) is 5.78. The van der Waals surface area contributed by atoms with Gasteiger partial charge in [-0.3, -0.25) is 4.79 Å². The van der Waals surface area contributed by atoms with Gasteiger partial charge in [-0.1, -0.05) is 11.6 Å². The minimum atomic E-state index is 0.0713. The molecule has 3 rings (SSSR count). The fourth-order valence-electron chi connectivity index (χ4n) is 3.38. The van der Waals surface area contributed by atoms with Gasteiger partial charge in [0.1, 0.15) is 0 Å². The van der Waals surface area contributed by atoms with E-state index in [4.69, 9.17) is 23.2 Å². The zero-order valence-electron chi connectivity index (χ0n) is 11.3. The lowest BCUT2D eigenvalue weighted by Gasteiger charge is -2.37. The molecule has 108 valence electrons. The number of thioether (sulfide) groups is 1. The number of carbonyl (C=O) groups is 1. The molecule has 2 aliphatic heterocycles. The highest BCUT2D eigenvalue weighted by atomic mass is 35.5. The van der Waals surface area contributed by atoms with Crippen LogP contribution in [0.4, 0.5) is 0 Å². The van der Waals surface area contributed by atoms with Crippen LogP contribution in [-0.2, 0) is 0 Å². The molecular weight excluding hydrogens is 313 g/mol. The van der Waals surface area contributed by atoms with Crippen molar-refractivity contribution in [2.24, 2.45) is 0 Å². The van der Waals surface area contributed by atoms with E-state index in [2.05, 4.69) is 0 Å². The van der Waals surface area contributed by atoms with Crippen LogP contribution in [0, 0.1) is 0 Å². The normalized spacial score (nSPS) is 28.8. The monoisotopic (exact) mass is 329 g/mol. The molecule has 2 heterocycles. The Balaban J connectivity index is 1.90. The van der Waals surface area contributed by atoms with Crippen molar-refractivity contribution in [1.29, 1.82) is 0 Å². The first-order chi connectivity index (χ1) is 9.60. The molecule has 2 aliphatic rings. The predicted molar refractivity (Wildman–Crippen MR) is 85.1 cm³/mol. The fourth-order valence-corrected chi connectivity index (χ4v) is 4.43. The van der Waals surface area contributed by atoms with E-state index in [1.807, 2.05) is 29.4 Å². The molecule has 5 heteroatoms. The SMILES string of the molecule is CSc1ccc(Cl)c(C(=O)N2C3CCC2CC(Cl)C3)c1. The summed E-state index contributed by atoms with van der Waals surface area (Å²) >= 11 is 14.1. The summed E-state index contributed by atoms with van der Waals surface area (Å²) in [5.41, 5.74) is 0.628. The molecular formula is C15H17Cl2NOS. The Labute approximate surface area is 133 Å². The molecule has 0 spiro atoms. The summed E-state index contributed by atoms with van der Waals surface area (Å²) in [5, 5.41) is 0.754. The van der Waals surface area contributed by atoms with Gasteiger partial charge in [0.05, 0.1) is 10.6 Å². The van der Waals surface area contributed by atoms with Crippen molar-refractivity contribution in [1.82, 2.24) is 4.90 Å². The highest BCUT2D eigenvalue weighted by Crippen LogP contribution is 2.39. The molecule has 1 aromatic carbocycles. The quantitative estimate of drug-likeness (QED) is 0.590. The first-order valence-electron chi connectivity index (χ1n) is 6.90. The Morgan fingerprint density at radius 3 is 2.55 bits per heavy atom. The van der Waals surface area contributed by atoms with Gasteiger partial charge in [0.2, 0.25) is 0 Å². The molecule has 0 aromatic heterocycles. The minimum absolute atomic E-state index is 0.0713. The third kappa shape index (κ3) is 2.56. The molecule has 1 amide bonds. The molecule has 0 saturated carbocycles. The summed E-state index contributed by atoms with van der Waals surface area (Å²) in [6, 6.07) is 6.25. The Hall–Kier alpha value is -0.380. The standard InChI is InChI=1S/C15H17Cl2NOS/c1-20-12-4-5-14(17)13(8-12)15(19)18-10-2-3-11(18)7-9(16)6-10/h4-5,8-11H,2-3,6-7H2,1H3. The molecule has 2 atom stereocenters. The van der Waals surface area contributed by atoms with Crippen LogP contribution in [0.2, 0.25) is 5.02 Å². The Morgan fingerprint density at radius 2 is 1.95 bits per heavy atom. The number of piperidine rings is 1. The summed E-state index contributed by atoms with van der Waals surface area (Å²) in [7, 11) is 0. The van der Waals surface area contributed by atoms with Gasteiger partial charge in [-0.25, -0.2) is 0 Å². The fraction of sp³-hybridized carbons (Fsp3) is 0.533. The predicted octanol–water partition coefficient (Wildman–Crippen LogP) is 4.44. The number of alkyl halides is 1. The number of benzene rings is 1. The van der Waals surface area contributed by atoms with Gasteiger partial charge < -0.3 is 4.90 Å². The van der Waals surface area contributed by atoms with Crippen molar-refractivity contribution in [2.45, 2.75) is 48.0 Å². The van der Waals surface area contributed by atoms with Crippen LogP contribution in [-0.4, -0.2) is 34.5 Å². The Morgan fingerprint density at radius 1 is 1.30 bits per heavy atom. The largest absolute Gasteiger partial charge is 0.333 e. The van der Waals surface area contributed by atoms with Crippen molar-refractivity contribution in [3.63, 3.8) is 0 Å². The van der Waals surface area contributed by atoms with Crippen LogP contribution in [0.5, 0.6) is 0 Å². The second-order valence-corrected chi connectivity index (χ2v) is 7.42. The summed E-state index contributed by atoms with van der Waals surface area (Å²) in [4.78, 5) is 15.9. The summed E-state index contributed by atoms with van der Waals surface area (Å²) in [5.74, 6) is 0.0713. The van der Waals surface area contributed by atoms with Gasteiger partial charge in [0.15, 0.2) is 0 Å². The molecule has 2 nitrogen and oxygen atoms in total. The van der Waals surface area contributed by atoms with Crippen LogP contribution < -0.4 is 0 Å². The molecule has 2 fully saturated rings. The Kier molecular flexibility index (Phi) is 4.21. The molecule has 2 unspecified atom stereocenters. The van der Waals surface area contributed by atoms with Crippen molar-refractivity contribution >= 4 is 40.9 Å². The van der Waals surface area contributed by atoms with E-state index in [0.717, 1.165) is 30.6 Å². The lowest BCUT2D eigenvalue weighted by molar-refractivity contribution is 0.0599. The lowest BCUT2D eigenvalue weighted by atomic mass is 10.0. The van der Waals surface area contributed by atoms with E-state index in [1.54, 1.807) is 11.8 Å². The molecule has 2 bridgehead atoms. The van der Waals surface area contributed by atoms with E-state index < -0.39 is 0 Å². The van der Waals surface area contributed by atoms with Crippen LogP contribution in [0.15, 0.2) is 23.1 Å². The zero-order valence-corrected chi connectivity index (χ0v) is 13.6. The van der Waals surface area contributed by atoms with E-state index in [0.29, 0.717) is 10.6 Å². The maximum Gasteiger partial charge on any atom is 0.255 e. The van der Waals surface area contributed by atoms with Crippen LogP contribution in [0.25, 0.3) is 0 Å². The van der Waals surface area contributed by atoms with Crippen LogP contribution in [0.1, 0.15) is 36.0 Å². The van der Waals surface area contributed by atoms with E-state index in [1.165, 1.54) is 0 Å². The van der Waals surface area contributed by atoms with Crippen LogP contribution >= 0.6 is 35.0 Å². The number of halogens is 2. The van der Waals surface area contributed by atoms with E-state index in [9.17, 15) is 4.79 Å². The molecule has 0 aliphatic carbocycles. The lowest BCUT2D eigenvalue weighted by Crippen LogP contribution is -2.47. The first kappa shape index (κ1) is 14.6. The van der Waals surface area contributed by atoms with E-state index >= 15 is 0 Å². The van der Waals surface area contributed by atoms with Gasteiger partial charge in [-0.2, -0.15) is 0 Å².